The molecule has 0 saturated carbocycles. The van der Waals surface area contributed by atoms with Crippen LogP contribution in [0.4, 0.5) is 5.69 Å². The van der Waals surface area contributed by atoms with Gasteiger partial charge in [-0.1, -0.05) is 24.6 Å². The third-order valence-electron chi connectivity index (χ3n) is 4.92. The topological polar surface area (TPSA) is 44.4 Å². The Morgan fingerprint density at radius 2 is 2.10 bits per heavy atom. The first-order chi connectivity index (χ1) is 10.2. The molecule has 2 fully saturated rings. The fourth-order valence-electron chi connectivity index (χ4n) is 3.88. The van der Waals surface area contributed by atoms with Gasteiger partial charge in [0.15, 0.2) is 0 Å². The van der Waals surface area contributed by atoms with Crippen molar-refractivity contribution < 1.29 is 4.79 Å². The molecule has 2 saturated heterocycles. The van der Waals surface area contributed by atoms with Gasteiger partial charge in [0.1, 0.15) is 0 Å². The lowest BCUT2D eigenvalue weighted by molar-refractivity contribution is -0.117. The van der Waals surface area contributed by atoms with E-state index in [0.717, 1.165) is 43.6 Å². The Morgan fingerprint density at radius 3 is 2.81 bits per heavy atom. The molecule has 1 aromatic rings. The molecule has 114 valence electrons. The van der Waals surface area contributed by atoms with Crippen molar-refractivity contribution in [3.63, 3.8) is 0 Å². The van der Waals surface area contributed by atoms with Crippen LogP contribution in [-0.2, 0) is 4.79 Å². The van der Waals surface area contributed by atoms with Crippen molar-refractivity contribution in [2.45, 2.75) is 26.3 Å². The molecule has 0 aromatic heterocycles. The summed E-state index contributed by atoms with van der Waals surface area (Å²) in [6.45, 7) is 8.07. The van der Waals surface area contributed by atoms with Crippen LogP contribution in [0, 0.1) is 18.8 Å². The zero-order valence-corrected chi connectivity index (χ0v) is 12.9. The number of carbonyl (C=O) groups excluding carboxylic acids is 1. The zero-order valence-electron chi connectivity index (χ0n) is 12.9. The first-order valence-corrected chi connectivity index (χ1v) is 7.98. The average Bonchev–Trinajstić information content (AvgIpc) is 3.01. The van der Waals surface area contributed by atoms with E-state index in [2.05, 4.69) is 29.4 Å². The normalized spacial score (nSPS) is 28.6. The number of nitrogens with one attached hydrogen (secondary N) is 2. The molecule has 0 spiro atoms. The zero-order chi connectivity index (χ0) is 14.8. The van der Waals surface area contributed by atoms with E-state index in [1.54, 1.807) is 0 Å². The first kappa shape index (κ1) is 14.5. The Labute approximate surface area is 126 Å². The Bertz CT molecular complexity index is 499. The van der Waals surface area contributed by atoms with Crippen LogP contribution in [0.2, 0.25) is 0 Å². The van der Waals surface area contributed by atoms with Crippen molar-refractivity contribution in [1.29, 1.82) is 0 Å². The van der Waals surface area contributed by atoms with Crippen LogP contribution in [-0.4, -0.2) is 43.0 Å². The van der Waals surface area contributed by atoms with Gasteiger partial charge in [-0.3, -0.25) is 9.69 Å². The van der Waals surface area contributed by atoms with Crippen molar-refractivity contribution in [3.8, 4) is 0 Å². The standard InChI is InChI=1S/C17H25N3O/c1-3-16-15-9-18-8-13(15)10-20(16)11-17(21)19-14-6-4-12(2)5-7-14/h4-7,13,15-16,18H,3,8-11H2,1-2H3,(H,19,21). The van der Waals surface area contributed by atoms with E-state index in [-0.39, 0.29) is 5.91 Å². The lowest BCUT2D eigenvalue weighted by Crippen LogP contribution is -2.40. The number of nitrogens with zero attached hydrogens (tertiary/aromatic N) is 1. The second-order valence-electron chi connectivity index (χ2n) is 6.40. The number of hydrogen-bond donors (Lipinski definition) is 2. The molecule has 2 N–H and O–H groups in total. The Hall–Kier alpha value is -1.39. The van der Waals surface area contributed by atoms with Gasteiger partial charge >= 0.3 is 0 Å². The van der Waals surface area contributed by atoms with E-state index < -0.39 is 0 Å². The summed E-state index contributed by atoms with van der Waals surface area (Å²) in [5.74, 6) is 1.55. The van der Waals surface area contributed by atoms with Crippen molar-refractivity contribution in [1.82, 2.24) is 10.2 Å². The molecular formula is C17H25N3O. The van der Waals surface area contributed by atoms with Gasteiger partial charge in [0.05, 0.1) is 6.54 Å². The summed E-state index contributed by atoms with van der Waals surface area (Å²) in [6, 6.07) is 8.53. The average molecular weight is 287 g/mol. The quantitative estimate of drug-likeness (QED) is 0.888. The fourth-order valence-corrected chi connectivity index (χ4v) is 3.88. The molecule has 4 nitrogen and oxygen atoms in total. The number of aryl methyl sites for hydroxylation is 1. The van der Waals surface area contributed by atoms with E-state index in [1.807, 2.05) is 24.3 Å². The van der Waals surface area contributed by atoms with Gasteiger partial charge in [-0.15, -0.1) is 0 Å². The fraction of sp³-hybridized carbons (Fsp3) is 0.588. The van der Waals surface area contributed by atoms with Crippen LogP contribution in [0.3, 0.4) is 0 Å². The van der Waals surface area contributed by atoms with Crippen LogP contribution in [0.15, 0.2) is 24.3 Å². The first-order valence-electron chi connectivity index (χ1n) is 7.98. The molecule has 0 bridgehead atoms. The highest BCUT2D eigenvalue weighted by Crippen LogP contribution is 2.33. The molecule has 0 radical (unpaired) electrons. The maximum absolute atomic E-state index is 12.3. The number of likely N-dealkylation sites (tertiary alicyclic amines) is 1. The second-order valence-corrected chi connectivity index (χ2v) is 6.40. The van der Waals surface area contributed by atoms with Gasteiger partial charge < -0.3 is 10.6 Å². The number of fused-ring (bicyclic) bond motifs is 1. The number of anilines is 1. The molecule has 2 aliphatic heterocycles. The predicted octanol–water partition coefficient (Wildman–Crippen LogP) is 1.86. The van der Waals surface area contributed by atoms with Crippen molar-refractivity contribution in [2.24, 2.45) is 11.8 Å². The molecule has 1 aromatic carbocycles. The maximum Gasteiger partial charge on any atom is 0.238 e. The highest BCUT2D eigenvalue weighted by Gasteiger charge is 2.43. The van der Waals surface area contributed by atoms with E-state index in [9.17, 15) is 4.79 Å². The van der Waals surface area contributed by atoms with Gasteiger partial charge in [-0.2, -0.15) is 0 Å². The third kappa shape index (κ3) is 3.11. The smallest absolute Gasteiger partial charge is 0.238 e. The SMILES string of the molecule is CCC1C2CNCC2CN1CC(=O)Nc1ccc(C)cc1. The van der Waals surface area contributed by atoms with Crippen LogP contribution < -0.4 is 10.6 Å². The Balaban J connectivity index is 1.58. The lowest BCUT2D eigenvalue weighted by atomic mass is 9.93. The molecule has 3 rings (SSSR count). The molecule has 21 heavy (non-hydrogen) atoms. The van der Waals surface area contributed by atoms with Crippen molar-refractivity contribution in [3.05, 3.63) is 29.8 Å². The van der Waals surface area contributed by atoms with E-state index in [0.29, 0.717) is 12.6 Å². The van der Waals surface area contributed by atoms with Gasteiger partial charge in [0.25, 0.3) is 0 Å². The predicted molar refractivity (Wildman–Crippen MR) is 85.3 cm³/mol. The molecular weight excluding hydrogens is 262 g/mol. The van der Waals surface area contributed by atoms with Gasteiger partial charge in [0, 0.05) is 18.3 Å². The summed E-state index contributed by atoms with van der Waals surface area (Å²) in [7, 11) is 0. The largest absolute Gasteiger partial charge is 0.325 e. The summed E-state index contributed by atoms with van der Waals surface area (Å²) in [6.07, 6.45) is 1.13. The summed E-state index contributed by atoms with van der Waals surface area (Å²) in [4.78, 5) is 14.6. The van der Waals surface area contributed by atoms with Crippen molar-refractivity contribution >= 4 is 11.6 Å². The number of hydrogen-bond acceptors (Lipinski definition) is 3. The molecule has 0 aliphatic carbocycles. The summed E-state index contributed by atoms with van der Waals surface area (Å²) < 4.78 is 0. The van der Waals surface area contributed by atoms with Crippen LogP contribution in [0.1, 0.15) is 18.9 Å². The monoisotopic (exact) mass is 287 g/mol. The van der Waals surface area contributed by atoms with Crippen molar-refractivity contribution in [2.75, 3.05) is 31.5 Å². The molecule has 2 heterocycles. The van der Waals surface area contributed by atoms with Crippen LogP contribution >= 0.6 is 0 Å². The number of amides is 1. The molecule has 1 amide bonds. The second kappa shape index (κ2) is 6.16. The van der Waals surface area contributed by atoms with Crippen LogP contribution in [0.5, 0.6) is 0 Å². The maximum atomic E-state index is 12.3. The lowest BCUT2D eigenvalue weighted by Gasteiger charge is -2.26. The Morgan fingerprint density at radius 1 is 1.33 bits per heavy atom. The van der Waals surface area contributed by atoms with E-state index in [4.69, 9.17) is 0 Å². The number of rotatable bonds is 4. The minimum atomic E-state index is 0.102. The molecule has 3 unspecified atom stereocenters. The minimum Gasteiger partial charge on any atom is -0.325 e. The molecule has 4 heteroatoms. The summed E-state index contributed by atoms with van der Waals surface area (Å²) >= 11 is 0. The van der Waals surface area contributed by atoms with Gasteiger partial charge in [-0.05, 0) is 50.4 Å². The highest BCUT2D eigenvalue weighted by atomic mass is 16.2. The third-order valence-corrected chi connectivity index (χ3v) is 4.92. The van der Waals surface area contributed by atoms with Gasteiger partial charge in [0.2, 0.25) is 5.91 Å². The highest BCUT2D eigenvalue weighted by molar-refractivity contribution is 5.92. The molecule has 2 aliphatic rings. The summed E-state index contributed by atoms with van der Waals surface area (Å²) in [5.41, 5.74) is 2.10. The summed E-state index contributed by atoms with van der Waals surface area (Å²) in [5, 5.41) is 6.49. The van der Waals surface area contributed by atoms with Crippen LogP contribution in [0.25, 0.3) is 0 Å². The van der Waals surface area contributed by atoms with E-state index >= 15 is 0 Å². The number of carbonyl (C=O) groups is 1. The minimum absolute atomic E-state index is 0.102. The van der Waals surface area contributed by atoms with E-state index in [1.165, 1.54) is 5.56 Å². The Kier molecular flexibility index (Phi) is 4.27. The number of benzene rings is 1. The molecule has 3 atom stereocenters. The van der Waals surface area contributed by atoms with Gasteiger partial charge in [-0.25, -0.2) is 0 Å².